The molecule has 1 N–H and O–H groups in total. The third kappa shape index (κ3) is 3.46. The summed E-state index contributed by atoms with van der Waals surface area (Å²) in [6.45, 7) is 7.69. The lowest BCUT2D eigenvalue weighted by Crippen LogP contribution is -2.34. The first-order valence-electron chi connectivity index (χ1n) is 9.46. The van der Waals surface area contributed by atoms with Crippen LogP contribution in [-0.4, -0.2) is 17.9 Å². The van der Waals surface area contributed by atoms with E-state index in [0.29, 0.717) is 12.0 Å². The Bertz CT molecular complexity index is 784. The van der Waals surface area contributed by atoms with E-state index >= 15 is 0 Å². The van der Waals surface area contributed by atoms with Crippen LogP contribution in [0.3, 0.4) is 0 Å². The molecule has 0 saturated heterocycles. The number of Topliss-reactive ketones (excluding diaryl/α,β-unsaturated/α-hetero) is 1. The highest BCUT2D eigenvalue weighted by Crippen LogP contribution is 2.42. The van der Waals surface area contributed by atoms with Crippen LogP contribution >= 0.6 is 0 Å². The summed E-state index contributed by atoms with van der Waals surface area (Å²) < 4.78 is 5.50. The van der Waals surface area contributed by atoms with E-state index in [0.717, 1.165) is 41.8 Å². The Hall–Kier alpha value is -2.36. The molecule has 0 aromatic heterocycles. The van der Waals surface area contributed by atoms with Gasteiger partial charge in [0, 0.05) is 29.3 Å². The molecule has 1 aromatic carbocycles. The lowest BCUT2D eigenvalue weighted by molar-refractivity contribution is -0.143. The lowest BCUT2D eigenvalue weighted by atomic mass is 9.75. The molecular formula is C22H27NO3. The van der Waals surface area contributed by atoms with Gasteiger partial charge in [0.2, 0.25) is 0 Å². The van der Waals surface area contributed by atoms with Crippen LogP contribution in [0.1, 0.15) is 64.0 Å². The van der Waals surface area contributed by atoms with Crippen LogP contribution in [0.2, 0.25) is 0 Å². The van der Waals surface area contributed by atoms with Crippen molar-refractivity contribution in [1.82, 2.24) is 5.32 Å². The molecule has 26 heavy (non-hydrogen) atoms. The predicted molar refractivity (Wildman–Crippen MR) is 102 cm³/mol. The van der Waals surface area contributed by atoms with Crippen molar-refractivity contribution in [2.45, 2.75) is 65.4 Å². The van der Waals surface area contributed by atoms with Crippen molar-refractivity contribution in [3.8, 4) is 0 Å². The first-order chi connectivity index (χ1) is 12.4. The van der Waals surface area contributed by atoms with Crippen LogP contribution in [0.4, 0.5) is 0 Å². The van der Waals surface area contributed by atoms with Crippen LogP contribution in [-0.2, 0) is 20.7 Å². The molecule has 1 aromatic rings. The number of hydrogen-bond donors (Lipinski definition) is 1. The molecule has 0 fully saturated rings. The second-order valence-electron chi connectivity index (χ2n) is 7.31. The summed E-state index contributed by atoms with van der Waals surface area (Å²) >= 11 is 0. The van der Waals surface area contributed by atoms with Gasteiger partial charge in [-0.2, -0.15) is 0 Å². The van der Waals surface area contributed by atoms with Gasteiger partial charge in [-0.3, -0.25) is 4.79 Å². The number of aryl methyl sites for hydroxylation is 1. The Morgan fingerprint density at radius 2 is 1.92 bits per heavy atom. The van der Waals surface area contributed by atoms with Crippen molar-refractivity contribution in [2.24, 2.45) is 0 Å². The van der Waals surface area contributed by atoms with Crippen molar-refractivity contribution in [2.75, 3.05) is 0 Å². The van der Waals surface area contributed by atoms with Gasteiger partial charge >= 0.3 is 5.97 Å². The minimum Gasteiger partial charge on any atom is -0.460 e. The van der Waals surface area contributed by atoms with E-state index in [9.17, 15) is 9.59 Å². The second-order valence-corrected chi connectivity index (χ2v) is 7.31. The van der Waals surface area contributed by atoms with Crippen molar-refractivity contribution in [3.63, 3.8) is 0 Å². The van der Waals surface area contributed by atoms with Gasteiger partial charge < -0.3 is 10.1 Å². The zero-order chi connectivity index (χ0) is 18.8. The number of dihydropyridines is 1. The number of carbonyl (C=O) groups excluding carboxylic acids is 2. The SMILES string of the molecule is CCc1ccc([C@H]2C(C(=O)OC(C)C)=C(C)NC3=C2C(=O)CCC3)cc1. The molecule has 4 nitrogen and oxygen atoms in total. The molecular weight excluding hydrogens is 326 g/mol. The number of benzene rings is 1. The molecule has 0 amide bonds. The highest BCUT2D eigenvalue weighted by Gasteiger charge is 2.39. The zero-order valence-electron chi connectivity index (χ0n) is 16.0. The maximum absolute atomic E-state index is 12.9. The van der Waals surface area contributed by atoms with Crippen molar-refractivity contribution >= 4 is 11.8 Å². The molecule has 0 saturated carbocycles. The van der Waals surface area contributed by atoms with Crippen molar-refractivity contribution in [3.05, 3.63) is 57.9 Å². The highest BCUT2D eigenvalue weighted by molar-refractivity contribution is 6.03. The normalized spacial score (nSPS) is 20.2. The second kappa shape index (κ2) is 7.48. The van der Waals surface area contributed by atoms with E-state index in [-0.39, 0.29) is 23.8 Å². The molecule has 3 rings (SSSR count). The number of ketones is 1. The first kappa shape index (κ1) is 18.4. The molecule has 1 heterocycles. The molecule has 1 aliphatic carbocycles. The minimum absolute atomic E-state index is 0.130. The maximum atomic E-state index is 12.9. The molecule has 2 aliphatic rings. The summed E-state index contributed by atoms with van der Waals surface area (Å²) in [7, 11) is 0. The van der Waals surface area contributed by atoms with Gasteiger partial charge in [-0.1, -0.05) is 31.2 Å². The van der Waals surface area contributed by atoms with Gasteiger partial charge in [0.25, 0.3) is 0 Å². The average molecular weight is 353 g/mol. The van der Waals surface area contributed by atoms with Crippen LogP contribution in [0.15, 0.2) is 46.8 Å². The summed E-state index contributed by atoms with van der Waals surface area (Å²) in [5, 5.41) is 3.31. The van der Waals surface area contributed by atoms with Crippen molar-refractivity contribution in [1.29, 1.82) is 0 Å². The third-order valence-electron chi connectivity index (χ3n) is 5.06. The molecule has 138 valence electrons. The molecule has 0 spiro atoms. The maximum Gasteiger partial charge on any atom is 0.337 e. The van der Waals surface area contributed by atoms with Crippen LogP contribution < -0.4 is 5.32 Å². The van der Waals surface area contributed by atoms with E-state index in [1.807, 2.05) is 32.9 Å². The summed E-state index contributed by atoms with van der Waals surface area (Å²) in [4.78, 5) is 25.6. The first-order valence-corrected chi connectivity index (χ1v) is 9.46. The monoisotopic (exact) mass is 353 g/mol. The van der Waals surface area contributed by atoms with Gasteiger partial charge in [0.1, 0.15) is 0 Å². The fourth-order valence-corrected chi connectivity index (χ4v) is 3.81. The smallest absolute Gasteiger partial charge is 0.337 e. The quantitative estimate of drug-likeness (QED) is 0.826. The summed E-state index contributed by atoms with van der Waals surface area (Å²) in [6.07, 6.45) is 2.98. The standard InChI is InChI=1S/C22H27NO3/c1-5-15-9-11-16(12-10-15)20-19(22(25)26-13(2)3)14(4)23-17-7-6-8-18(24)21(17)20/h9-13,20,23H,5-8H2,1-4H3/t20-/m0/s1. The fourth-order valence-electron chi connectivity index (χ4n) is 3.81. The molecule has 1 atom stereocenters. The lowest BCUT2D eigenvalue weighted by Gasteiger charge is -2.34. The molecule has 0 radical (unpaired) electrons. The van der Waals surface area contributed by atoms with E-state index in [2.05, 4.69) is 24.4 Å². The highest BCUT2D eigenvalue weighted by atomic mass is 16.5. The number of ether oxygens (including phenoxy) is 1. The Morgan fingerprint density at radius 1 is 1.23 bits per heavy atom. The van der Waals surface area contributed by atoms with Crippen LogP contribution in [0.25, 0.3) is 0 Å². The number of allylic oxidation sites excluding steroid dienone is 3. The molecule has 1 aliphatic heterocycles. The summed E-state index contributed by atoms with van der Waals surface area (Å²) in [6, 6.07) is 8.23. The summed E-state index contributed by atoms with van der Waals surface area (Å²) in [5.41, 5.74) is 5.25. The largest absolute Gasteiger partial charge is 0.460 e. The van der Waals surface area contributed by atoms with Gasteiger partial charge in [0.05, 0.1) is 11.7 Å². The number of hydrogen-bond acceptors (Lipinski definition) is 4. The number of esters is 1. The number of rotatable bonds is 4. The third-order valence-corrected chi connectivity index (χ3v) is 5.06. The Morgan fingerprint density at radius 3 is 2.54 bits per heavy atom. The van der Waals surface area contributed by atoms with E-state index in [1.54, 1.807) is 0 Å². The Kier molecular flexibility index (Phi) is 5.30. The van der Waals surface area contributed by atoms with Gasteiger partial charge in [-0.05, 0) is 51.2 Å². The molecule has 0 bridgehead atoms. The summed E-state index contributed by atoms with van der Waals surface area (Å²) in [5.74, 6) is -0.568. The van der Waals surface area contributed by atoms with Crippen LogP contribution in [0, 0.1) is 0 Å². The molecule has 0 unspecified atom stereocenters. The van der Waals surface area contributed by atoms with E-state index < -0.39 is 0 Å². The van der Waals surface area contributed by atoms with Gasteiger partial charge in [0.15, 0.2) is 5.78 Å². The minimum atomic E-state index is -0.351. The van der Waals surface area contributed by atoms with Gasteiger partial charge in [-0.25, -0.2) is 4.79 Å². The van der Waals surface area contributed by atoms with Gasteiger partial charge in [-0.15, -0.1) is 0 Å². The topological polar surface area (TPSA) is 55.4 Å². The van der Waals surface area contributed by atoms with Crippen LogP contribution in [0.5, 0.6) is 0 Å². The van der Waals surface area contributed by atoms with E-state index in [4.69, 9.17) is 4.74 Å². The predicted octanol–water partition coefficient (Wildman–Crippen LogP) is 4.17. The number of nitrogens with one attached hydrogen (secondary N) is 1. The fraction of sp³-hybridized carbons (Fsp3) is 0.455. The average Bonchev–Trinajstić information content (AvgIpc) is 2.60. The molecule has 4 heteroatoms. The zero-order valence-corrected chi connectivity index (χ0v) is 16.0. The van der Waals surface area contributed by atoms with Crippen molar-refractivity contribution < 1.29 is 14.3 Å². The number of carbonyl (C=O) groups is 2. The Balaban J connectivity index is 2.11. The Labute approximate surface area is 155 Å². The van der Waals surface area contributed by atoms with E-state index in [1.165, 1.54) is 5.56 Å².